The minimum Gasteiger partial charge on any atom is -0.342 e. The quantitative estimate of drug-likeness (QED) is 0.687. The van der Waals surface area contributed by atoms with Crippen LogP contribution in [0, 0.1) is 0 Å². The Morgan fingerprint density at radius 3 is 2.28 bits per heavy atom. The van der Waals surface area contributed by atoms with E-state index >= 15 is 0 Å². The number of rotatable bonds is 7. The smallest absolute Gasteiger partial charge is 0.236 e. The molecule has 1 aliphatic heterocycles. The second kappa shape index (κ2) is 8.48. The molecular weight excluding hydrogens is 226 g/mol. The molecule has 0 aromatic rings. The van der Waals surface area contributed by atoms with Gasteiger partial charge in [-0.05, 0) is 39.7 Å². The van der Waals surface area contributed by atoms with Gasteiger partial charge in [0.2, 0.25) is 5.91 Å². The molecule has 105 valence electrons. The lowest BCUT2D eigenvalue weighted by Gasteiger charge is -2.34. The fraction of sp³-hybridized carbons (Fsp3) is 0.929. The van der Waals surface area contributed by atoms with Gasteiger partial charge in [-0.2, -0.15) is 0 Å². The van der Waals surface area contributed by atoms with Crippen molar-refractivity contribution < 1.29 is 4.79 Å². The Hall–Kier alpha value is -0.610. The van der Waals surface area contributed by atoms with E-state index in [1.165, 1.54) is 0 Å². The van der Waals surface area contributed by atoms with E-state index in [4.69, 9.17) is 0 Å². The van der Waals surface area contributed by atoms with E-state index in [9.17, 15) is 4.79 Å². The van der Waals surface area contributed by atoms with Crippen LogP contribution in [0.15, 0.2) is 0 Å². The Morgan fingerprint density at radius 1 is 1.17 bits per heavy atom. The number of hydrogen-bond donors (Lipinski definition) is 0. The third kappa shape index (κ3) is 4.58. The molecule has 0 spiro atoms. The average Bonchev–Trinajstić information content (AvgIpc) is 2.40. The summed E-state index contributed by atoms with van der Waals surface area (Å²) in [5.74, 6) is 0.274. The summed E-state index contributed by atoms with van der Waals surface area (Å²) in [5.41, 5.74) is 0. The van der Waals surface area contributed by atoms with Crippen LogP contribution in [0.2, 0.25) is 0 Å². The molecule has 0 N–H and O–H groups in total. The normalized spacial score (nSPS) is 17.1. The molecular formula is C14H28N3O. The van der Waals surface area contributed by atoms with E-state index in [1.807, 2.05) is 18.7 Å². The Morgan fingerprint density at radius 2 is 1.78 bits per heavy atom. The molecule has 0 aliphatic carbocycles. The maximum absolute atomic E-state index is 12.2. The van der Waals surface area contributed by atoms with E-state index in [1.54, 1.807) is 0 Å². The molecule has 0 saturated carbocycles. The minimum absolute atomic E-state index is 0.274. The van der Waals surface area contributed by atoms with Gasteiger partial charge < -0.3 is 4.90 Å². The van der Waals surface area contributed by atoms with Crippen LogP contribution < -0.4 is 5.32 Å². The van der Waals surface area contributed by atoms with Crippen molar-refractivity contribution in [3.8, 4) is 0 Å². The largest absolute Gasteiger partial charge is 0.342 e. The molecule has 1 heterocycles. The van der Waals surface area contributed by atoms with Crippen molar-refractivity contribution >= 4 is 5.91 Å². The highest BCUT2D eigenvalue weighted by atomic mass is 16.2. The second-order valence-electron chi connectivity index (χ2n) is 4.94. The van der Waals surface area contributed by atoms with Gasteiger partial charge in [-0.15, -0.1) is 0 Å². The fourth-order valence-electron chi connectivity index (χ4n) is 2.63. The lowest BCUT2D eigenvalue weighted by Crippen LogP contribution is -2.47. The molecule has 1 fully saturated rings. The van der Waals surface area contributed by atoms with Gasteiger partial charge in [0.05, 0.1) is 6.54 Å². The lowest BCUT2D eigenvalue weighted by molar-refractivity contribution is -0.132. The van der Waals surface area contributed by atoms with Crippen LogP contribution in [-0.4, -0.2) is 61.0 Å². The Balaban J connectivity index is 2.52. The molecule has 0 atom stereocenters. The van der Waals surface area contributed by atoms with Gasteiger partial charge in [-0.3, -0.25) is 9.69 Å². The summed E-state index contributed by atoms with van der Waals surface area (Å²) in [6.07, 6.45) is 3.34. The van der Waals surface area contributed by atoms with Crippen LogP contribution in [0.4, 0.5) is 0 Å². The Kier molecular flexibility index (Phi) is 7.28. The third-order valence-electron chi connectivity index (χ3n) is 3.72. The molecule has 4 heteroatoms. The summed E-state index contributed by atoms with van der Waals surface area (Å²) < 4.78 is 0. The highest BCUT2D eigenvalue weighted by molar-refractivity contribution is 5.78. The predicted octanol–water partition coefficient (Wildman–Crippen LogP) is 1.33. The Labute approximate surface area is 112 Å². The van der Waals surface area contributed by atoms with Gasteiger partial charge in [-0.1, -0.05) is 6.92 Å². The van der Waals surface area contributed by atoms with E-state index < -0.39 is 0 Å². The van der Waals surface area contributed by atoms with E-state index in [2.05, 4.69) is 17.1 Å². The minimum atomic E-state index is 0.274. The molecule has 1 saturated heterocycles. The first-order valence-corrected chi connectivity index (χ1v) is 7.37. The van der Waals surface area contributed by atoms with Crippen molar-refractivity contribution in [3.63, 3.8) is 0 Å². The second-order valence-corrected chi connectivity index (χ2v) is 4.94. The highest BCUT2D eigenvalue weighted by Crippen LogP contribution is 2.13. The number of amides is 1. The van der Waals surface area contributed by atoms with E-state index in [0.717, 1.165) is 52.0 Å². The van der Waals surface area contributed by atoms with Crippen molar-refractivity contribution in [2.45, 2.75) is 46.1 Å². The summed E-state index contributed by atoms with van der Waals surface area (Å²) >= 11 is 0. The van der Waals surface area contributed by atoms with Crippen molar-refractivity contribution in [1.29, 1.82) is 0 Å². The van der Waals surface area contributed by atoms with Crippen LogP contribution >= 0.6 is 0 Å². The zero-order chi connectivity index (χ0) is 13.4. The first kappa shape index (κ1) is 15.4. The number of piperidine rings is 1. The summed E-state index contributed by atoms with van der Waals surface area (Å²) in [7, 11) is 0. The predicted molar refractivity (Wildman–Crippen MR) is 74.7 cm³/mol. The maximum atomic E-state index is 12.2. The summed E-state index contributed by atoms with van der Waals surface area (Å²) in [6, 6.07) is 0.557. The number of likely N-dealkylation sites (N-methyl/N-ethyl adjacent to an activating group) is 1. The van der Waals surface area contributed by atoms with Crippen molar-refractivity contribution in [2.24, 2.45) is 0 Å². The maximum Gasteiger partial charge on any atom is 0.236 e. The highest BCUT2D eigenvalue weighted by Gasteiger charge is 2.23. The summed E-state index contributed by atoms with van der Waals surface area (Å²) in [5, 5.41) is 4.39. The summed E-state index contributed by atoms with van der Waals surface area (Å²) in [4.78, 5) is 16.5. The zero-order valence-electron chi connectivity index (χ0n) is 12.2. The van der Waals surface area contributed by atoms with Gasteiger partial charge in [0.25, 0.3) is 0 Å². The van der Waals surface area contributed by atoms with Crippen LogP contribution in [0.1, 0.15) is 40.0 Å². The molecule has 0 unspecified atom stereocenters. The molecule has 1 aliphatic rings. The SMILES string of the molecule is CCCN(CC(=O)N(CC)CC)C1CC[N]CC1. The number of nitrogens with zero attached hydrogens (tertiary/aromatic N) is 3. The first-order chi connectivity index (χ1) is 8.72. The molecule has 1 rings (SSSR count). The average molecular weight is 254 g/mol. The topological polar surface area (TPSA) is 37.7 Å². The van der Waals surface area contributed by atoms with Gasteiger partial charge in [0.15, 0.2) is 0 Å². The van der Waals surface area contributed by atoms with Gasteiger partial charge in [0, 0.05) is 32.2 Å². The van der Waals surface area contributed by atoms with Crippen molar-refractivity contribution in [2.75, 3.05) is 39.3 Å². The van der Waals surface area contributed by atoms with E-state index in [0.29, 0.717) is 12.6 Å². The van der Waals surface area contributed by atoms with Crippen LogP contribution in [0.3, 0.4) is 0 Å². The van der Waals surface area contributed by atoms with Crippen LogP contribution in [0.25, 0.3) is 0 Å². The molecule has 0 bridgehead atoms. The molecule has 0 aromatic carbocycles. The standard InChI is InChI=1S/C14H28N3O/c1-4-11-17(13-7-9-15-10-8-13)12-14(18)16(5-2)6-3/h13H,4-12H2,1-3H3. The van der Waals surface area contributed by atoms with Crippen LogP contribution in [0.5, 0.6) is 0 Å². The third-order valence-corrected chi connectivity index (χ3v) is 3.72. The molecule has 0 aromatic heterocycles. The molecule has 1 amide bonds. The molecule has 4 nitrogen and oxygen atoms in total. The van der Waals surface area contributed by atoms with Gasteiger partial charge in [-0.25, -0.2) is 5.32 Å². The Bertz CT molecular complexity index is 235. The lowest BCUT2D eigenvalue weighted by atomic mass is 10.0. The summed E-state index contributed by atoms with van der Waals surface area (Å²) in [6.45, 7) is 11.4. The van der Waals surface area contributed by atoms with E-state index in [-0.39, 0.29) is 5.91 Å². The fourth-order valence-corrected chi connectivity index (χ4v) is 2.63. The van der Waals surface area contributed by atoms with Gasteiger partial charge in [0.1, 0.15) is 0 Å². The van der Waals surface area contributed by atoms with Crippen molar-refractivity contribution in [3.05, 3.63) is 0 Å². The van der Waals surface area contributed by atoms with Gasteiger partial charge >= 0.3 is 0 Å². The van der Waals surface area contributed by atoms with Crippen LogP contribution in [-0.2, 0) is 4.79 Å². The van der Waals surface area contributed by atoms with Crippen molar-refractivity contribution in [1.82, 2.24) is 15.1 Å². The molecule has 18 heavy (non-hydrogen) atoms. The number of carbonyl (C=O) groups excluding carboxylic acids is 1. The molecule has 1 radical (unpaired) electrons. The first-order valence-electron chi connectivity index (χ1n) is 7.37. The monoisotopic (exact) mass is 254 g/mol. The zero-order valence-corrected chi connectivity index (χ0v) is 12.2. The number of hydrogen-bond acceptors (Lipinski definition) is 2. The number of carbonyl (C=O) groups is 1.